The molecule has 0 aromatic carbocycles. The lowest BCUT2D eigenvalue weighted by Gasteiger charge is -2.30. The number of hydrogen-bond acceptors (Lipinski definition) is 1. The number of rotatable bonds is 4. The third-order valence-electron chi connectivity index (χ3n) is 2.03. The van der Waals surface area contributed by atoms with Gasteiger partial charge in [0.2, 0.25) is 0 Å². The first-order valence-electron chi connectivity index (χ1n) is 4.53. The van der Waals surface area contributed by atoms with E-state index in [9.17, 15) is 0 Å². The normalized spacial score (nSPS) is 17.5. The lowest BCUT2D eigenvalue weighted by molar-refractivity contribution is -0.0420. The Labute approximate surface area is 85.0 Å². The van der Waals surface area contributed by atoms with E-state index in [0.29, 0.717) is 0 Å². The molecule has 0 aliphatic carbocycles. The minimum Gasteiger partial charge on any atom is -0.375 e. The molecule has 0 bridgehead atoms. The summed E-state index contributed by atoms with van der Waals surface area (Å²) in [7, 11) is 0. The first-order chi connectivity index (χ1) is 5.33. The standard InChI is InChI=1S/C10H21BrO/c1-6-10(5,7-11)8-12-9(2,3)4/h6-8H2,1-5H3. The molecule has 1 atom stereocenters. The summed E-state index contributed by atoms with van der Waals surface area (Å²) in [6.45, 7) is 11.6. The molecule has 0 spiro atoms. The zero-order chi connectivity index (χ0) is 9.83. The van der Waals surface area contributed by atoms with Gasteiger partial charge >= 0.3 is 0 Å². The van der Waals surface area contributed by atoms with Crippen molar-refractivity contribution in [1.29, 1.82) is 0 Å². The van der Waals surface area contributed by atoms with Crippen LogP contribution in [0.3, 0.4) is 0 Å². The predicted molar refractivity (Wildman–Crippen MR) is 57.9 cm³/mol. The number of hydrogen-bond donors (Lipinski definition) is 0. The van der Waals surface area contributed by atoms with Gasteiger partial charge in [-0.05, 0) is 27.2 Å². The largest absolute Gasteiger partial charge is 0.375 e. The maximum Gasteiger partial charge on any atom is 0.0598 e. The van der Waals surface area contributed by atoms with Crippen LogP contribution in [0.2, 0.25) is 0 Å². The molecule has 0 amide bonds. The van der Waals surface area contributed by atoms with Gasteiger partial charge in [0.15, 0.2) is 0 Å². The fourth-order valence-electron chi connectivity index (χ4n) is 0.626. The predicted octanol–water partition coefficient (Wildman–Crippen LogP) is 3.61. The second-order valence-corrected chi connectivity index (χ2v) is 5.26. The van der Waals surface area contributed by atoms with E-state index in [4.69, 9.17) is 4.74 Å². The molecule has 0 fully saturated rings. The molecule has 0 rings (SSSR count). The fraction of sp³-hybridized carbons (Fsp3) is 1.00. The highest BCUT2D eigenvalue weighted by Gasteiger charge is 2.23. The Morgan fingerprint density at radius 3 is 1.92 bits per heavy atom. The highest BCUT2D eigenvalue weighted by molar-refractivity contribution is 9.09. The van der Waals surface area contributed by atoms with E-state index >= 15 is 0 Å². The van der Waals surface area contributed by atoms with Crippen LogP contribution in [0.15, 0.2) is 0 Å². The van der Waals surface area contributed by atoms with Crippen LogP contribution in [0.5, 0.6) is 0 Å². The number of alkyl halides is 1. The van der Waals surface area contributed by atoms with Crippen LogP contribution in [0, 0.1) is 5.41 Å². The van der Waals surface area contributed by atoms with Crippen LogP contribution < -0.4 is 0 Å². The Morgan fingerprint density at radius 1 is 1.17 bits per heavy atom. The molecule has 0 N–H and O–H groups in total. The molecular weight excluding hydrogens is 216 g/mol. The molecule has 0 aromatic heterocycles. The molecule has 74 valence electrons. The molecule has 1 nitrogen and oxygen atoms in total. The van der Waals surface area contributed by atoms with E-state index in [2.05, 4.69) is 50.5 Å². The Morgan fingerprint density at radius 2 is 1.67 bits per heavy atom. The van der Waals surface area contributed by atoms with Gasteiger partial charge in [0.05, 0.1) is 12.2 Å². The van der Waals surface area contributed by atoms with Crippen LogP contribution in [-0.2, 0) is 4.74 Å². The van der Waals surface area contributed by atoms with E-state index in [-0.39, 0.29) is 11.0 Å². The molecular formula is C10H21BrO. The van der Waals surface area contributed by atoms with Crippen molar-refractivity contribution in [3.05, 3.63) is 0 Å². The summed E-state index contributed by atoms with van der Waals surface area (Å²) < 4.78 is 5.75. The Bertz CT molecular complexity index is 122. The Kier molecular flexibility index (Phi) is 4.78. The smallest absolute Gasteiger partial charge is 0.0598 e. The van der Waals surface area contributed by atoms with Gasteiger partial charge in [0.25, 0.3) is 0 Å². The van der Waals surface area contributed by atoms with Crippen LogP contribution in [0.4, 0.5) is 0 Å². The van der Waals surface area contributed by atoms with Crippen LogP contribution >= 0.6 is 15.9 Å². The molecule has 0 aliphatic heterocycles. The van der Waals surface area contributed by atoms with Crippen LogP contribution in [0.1, 0.15) is 41.0 Å². The van der Waals surface area contributed by atoms with Crippen molar-refractivity contribution < 1.29 is 4.74 Å². The maximum atomic E-state index is 5.75. The van der Waals surface area contributed by atoms with Crippen molar-refractivity contribution in [1.82, 2.24) is 0 Å². The van der Waals surface area contributed by atoms with Crippen molar-refractivity contribution in [3.8, 4) is 0 Å². The van der Waals surface area contributed by atoms with Crippen molar-refractivity contribution in [2.24, 2.45) is 5.41 Å². The summed E-state index contributed by atoms with van der Waals surface area (Å²) in [6, 6.07) is 0. The molecule has 1 unspecified atom stereocenters. The molecule has 2 heteroatoms. The summed E-state index contributed by atoms with van der Waals surface area (Å²) in [5.74, 6) is 0. The minimum absolute atomic E-state index is 0.0153. The summed E-state index contributed by atoms with van der Waals surface area (Å²) >= 11 is 3.52. The second-order valence-electron chi connectivity index (χ2n) is 4.70. The van der Waals surface area contributed by atoms with Crippen LogP contribution in [0.25, 0.3) is 0 Å². The van der Waals surface area contributed by atoms with E-state index in [1.807, 2.05) is 0 Å². The highest BCUT2D eigenvalue weighted by Crippen LogP contribution is 2.26. The second kappa shape index (κ2) is 4.61. The average Bonchev–Trinajstić information content (AvgIpc) is 1.99. The molecule has 0 aliphatic rings. The molecule has 0 saturated heterocycles. The van der Waals surface area contributed by atoms with E-state index in [0.717, 1.165) is 18.4 Å². The first kappa shape index (κ1) is 12.4. The van der Waals surface area contributed by atoms with Gasteiger partial charge in [-0.1, -0.05) is 29.8 Å². The summed E-state index contributed by atoms with van der Waals surface area (Å²) in [5, 5.41) is 1.01. The summed E-state index contributed by atoms with van der Waals surface area (Å²) in [4.78, 5) is 0. The third kappa shape index (κ3) is 5.15. The lowest BCUT2D eigenvalue weighted by Crippen LogP contribution is -2.30. The topological polar surface area (TPSA) is 9.23 Å². The third-order valence-corrected chi connectivity index (χ3v) is 3.38. The highest BCUT2D eigenvalue weighted by atomic mass is 79.9. The van der Waals surface area contributed by atoms with Gasteiger partial charge in [-0.2, -0.15) is 0 Å². The van der Waals surface area contributed by atoms with E-state index in [1.165, 1.54) is 0 Å². The monoisotopic (exact) mass is 236 g/mol. The Balaban J connectivity index is 3.89. The fourth-order valence-corrected chi connectivity index (χ4v) is 1.18. The van der Waals surface area contributed by atoms with Crippen molar-refractivity contribution in [2.45, 2.75) is 46.6 Å². The Hall–Kier alpha value is 0.440. The maximum absolute atomic E-state index is 5.75. The number of halogens is 1. The molecule has 0 radical (unpaired) electrons. The molecule has 12 heavy (non-hydrogen) atoms. The van der Waals surface area contributed by atoms with Gasteiger partial charge in [-0.3, -0.25) is 0 Å². The van der Waals surface area contributed by atoms with E-state index in [1.54, 1.807) is 0 Å². The quantitative estimate of drug-likeness (QED) is 0.678. The minimum atomic E-state index is -0.0153. The van der Waals surface area contributed by atoms with Crippen molar-refractivity contribution in [3.63, 3.8) is 0 Å². The zero-order valence-electron chi connectivity index (χ0n) is 8.91. The van der Waals surface area contributed by atoms with Crippen molar-refractivity contribution in [2.75, 3.05) is 11.9 Å². The SMILES string of the molecule is CCC(C)(CBr)COC(C)(C)C. The molecule has 0 heterocycles. The lowest BCUT2D eigenvalue weighted by atomic mass is 9.91. The summed E-state index contributed by atoms with van der Waals surface area (Å²) in [5.41, 5.74) is 0.270. The molecule has 0 aromatic rings. The van der Waals surface area contributed by atoms with Gasteiger partial charge in [0.1, 0.15) is 0 Å². The van der Waals surface area contributed by atoms with Gasteiger partial charge < -0.3 is 4.74 Å². The summed E-state index contributed by atoms with van der Waals surface area (Å²) in [6.07, 6.45) is 1.15. The first-order valence-corrected chi connectivity index (χ1v) is 5.65. The average molecular weight is 237 g/mol. The van der Waals surface area contributed by atoms with E-state index < -0.39 is 0 Å². The zero-order valence-corrected chi connectivity index (χ0v) is 10.5. The number of ether oxygens (including phenoxy) is 1. The van der Waals surface area contributed by atoms with Gasteiger partial charge in [-0.15, -0.1) is 0 Å². The van der Waals surface area contributed by atoms with Crippen molar-refractivity contribution >= 4 is 15.9 Å². The van der Waals surface area contributed by atoms with Crippen LogP contribution in [-0.4, -0.2) is 17.5 Å². The van der Waals surface area contributed by atoms with Gasteiger partial charge in [-0.25, -0.2) is 0 Å². The van der Waals surface area contributed by atoms with Gasteiger partial charge in [0, 0.05) is 10.7 Å². The molecule has 0 saturated carbocycles.